The van der Waals surface area contributed by atoms with Gasteiger partial charge in [0.25, 0.3) is 5.91 Å². The van der Waals surface area contributed by atoms with Gasteiger partial charge < -0.3 is 24.0 Å². The summed E-state index contributed by atoms with van der Waals surface area (Å²) in [6.07, 6.45) is 0.162. The van der Waals surface area contributed by atoms with Crippen LogP contribution in [0.1, 0.15) is 18.9 Å². The number of rotatable bonds is 7. The quantitative estimate of drug-likeness (QED) is 0.678. The van der Waals surface area contributed by atoms with Gasteiger partial charge in [0.1, 0.15) is 18.8 Å². The molecule has 31 heavy (non-hydrogen) atoms. The van der Waals surface area contributed by atoms with Crippen LogP contribution >= 0.6 is 0 Å². The highest BCUT2D eigenvalue weighted by Crippen LogP contribution is 2.33. The maximum atomic E-state index is 13.0. The van der Waals surface area contributed by atoms with E-state index in [-0.39, 0.29) is 31.3 Å². The van der Waals surface area contributed by atoms with Crippen LogP contribution in [-0.4, -0.2) is 62.5 Å². The first-order valence-electron chi connectivity index (χ1n) is 10.4. The van der Waals surface area contributed by atoms with Crippen molar-refractivity contribution in [1.29, 1.82) is 0 Å². The van der Waals surface area contributed by atoms with Gasteiger partial charge in [-0.1, -0.05) is 48.5 Å². The average molecular weight is 427 g/mol. The number of piperidine rings is 1. The Hall–Kier alpha value is -2.90. The minimum absolute atomic E-state index is 0.0337. The molecule has 0 aliphatic carbocycles. The van der Waals surface area contributed by atoms with Crippen molar-refractivity contribution in [3.05, 3.63) is 66.2 Å². The molecule has 1 aliphatic heterocycles. The Balaban J connectivity index is 1.75. The monoisotopic (exact) mass is 426 g/mol. The summed E-state index contributed by atoms with van der Waals surface area (Å²) in [6, 6.07) is 18.8. The summed E-state index contributed by atoms with van der Waals surface area (Å²) in [4.78, 5) is 29.0. The molecular formula is C24H30N2O5. The van der Waals surface area contributed by atoms with E-state index in [0.29, 0.717) is 19.5 Å². The highest BCUT2D eigenvalue weighted by Gasteiger charge is 2.46. The Kier molecular flexibility index (Phi) is 7.65. The van der Waals surface area contributed by atoms with Crippen molar-refractivity contribution in [2.24, 2.45) is 0 Å². The number of carbonyl (C=O) groups is 2. The maximum absolute atomic E-state index is 13.0. The molecule has 0 bridgehead atoms. The summed E-state index contributed by atoms with van der Waals surface area (Å²) in [5.41, 5.74) is 0.932. The van der Waals surface area contributed by atoms with Crippen molar-refractivity contribution >= 4 is 17.7 Å². The number of likely N-dealkylation sites (tertiary alicyclic amines) is 1. The molecule has 0 unspecified atom stereocenters. The Morgan fingerprint density at radius 1 is 1.06 bits per heavy atom. The predicted octanol–water partition coefficient (Wildman–Crippen LogP) is 3.48. The highest BCUT2D eigenvalue weighted by atomic mass is 16.6. The minimum atomic E-state index is -0.775. The predicted molar refractivity (Wildman–Crippen MR) is 118 cm³/mol. The molecule has 3 rings (SSSR count). The molecule has 0 spiro atoms. The van der Waals surface area contributed by atoms with Crippen LogP contribution in [0, 0.1) is 0 Å². The zero-order chi connectivity index (χ0) is 22.3. The number of anilines is 1. The van der Waals surface area contributed by atoms with Crippen molar-refractivity contribution < 1.29 is 23.8 Å². The lowest BCUT2D eigenvalue weighted by Crippen LogP contribution is -2.64. The third-order valence-corrected chi connectivity index (χ3v) is 5.69. The number of hydrogen-bond donors (Lipinski definition) is 0. The minimum Gasteiger partial charge on any atom is -0.445 e. The fourth-order valence-electron chi connectivity index (χ4n) is 4.00. The number of nitrogens with zero attached hydrogens (tertiary/aromatic N) is 2. The van der Waals surface area contributed by atoms with Crippen LogP contribution in [0.5, 0.6) is 0 Å². The van der Waals surface area contributed by atoms with E-state index in [1.807, 2.05) is 67.6 Å². The smallest absolute Gasteiger partial charge is 0.410 e. The summed E-state index contributed by atoms with van der Waals surface area (Å²) in [7, 11) is 3.11. The van der Waals surface area contributed by atoms with Crippen LogP contribution in [0.2, 0.25) is 0 Å². The van der Waals surface area contributed by atoms with Gasteiger partial charge in [-0.2, -0.15) is 0 Å². The molecule has 2 aromatic carbocycles. The molecule has 1 saturated heterocycles. The fourth-order valence-corrected chi connectivity index (χ4v) is 4.00. The highest BCUT2D eigenvalue weighted by molar-refractivity contribution is 5.95. The molecule has 2 amide bonds. The second-order valence-corrected chi connectivity index (χ2v) is 7.82. The number of amides is 2. The summed E-state index contributed by atoms with van der Waals surface area (Å²) < 4.78 is 16.5. The van der Waals surface area contributed by atoms with Crippen LogP contribution in [0.4, 0.5) is 10.5 Å². The first-order chi connectivity index (χ1) is 15.0. The first kappa shape index (κ1) is 22.8. The van der Waals surface area contributed by atoms with E-state index in [4.69, 9.17) is 14.2 Å². The van der Waals surface area contributed by atoms with Crippen LogP contribution in [0.25, 0.3) is 0 Å². The van der Waals surface area contributed by atoms with Crippen LogP contribution in [0.3, 0.4) is 0 Å². The second-order valence-electron chi connectivity index (χ2n) is 7.82. The normalized spacial score (nSPS) is 20.9. The van der Waals surface area contributed by atoms with Gasteiger partial charge in [-0.25, -0.2) is 4.79 Å². The van der Waals surface area contributed by atoms with Crippen molar-refractivity contribution in [1.82, 2.24) is 4.90 Å². The molecule has 0 N–H and O–H groups in total. The van der Waals surface area contributed by atoms with E-state index in [0.717, 1.165) is 11.3 Å². The fraction of sp³-hybridized carbons (Fsp3) is 0.417. The third-order valence-electron chi connectivity index (χ3n) is 5.69. The van der Waals surface area contributed by atoms with Gasteiger partial charge in [-0.15, -0.1) is 0 Å². The Labute approximate surface area is 183 Å². The van der Waals surface area contributed by atoms with E-state index < -0.39 is 5.60 Å². The SMILES string of the molecule is COCC(=O)N(c1ccccc1)[C@H]1CCN(C(=O)OCc2ccccc2)C[C@@]1(C)OC. The second kappa shape index (κ2) is 10.4. The number of benzene rings is 2. The van der Waals surface area contributed by atoms with Crippen LogP contribution in [-0.2, 0) is 25.6 Å². The molecule has 0 saturated carbocycles. The number of carbonyl (C=O) groups excluding carboxylic acids is 2. The molecule has 166 valence electrons. The van der Waals surface area contributed by atoms with Gasteiger partial charge in [0.15, 0.2) is 0 Å². The lowest BCUT2D eigenvalue weighted by Gasteiger charge is -2.49. The van der Waals surface area contributed by atoms with Gasteiger partial charge in [0.2, 0.25) is 0 Å². The number of methoxy groups -OCH3 is 2. The first-order valence-corrected chi connectivity index (χ1v) is 10.4. The van der Waals surface area contributed by atoms with Gasteiger partial charge in [0.05, 0.1) is 12.6 Å². The summed E-state index contributed by atoms with van der Waals surface area (Å²) in [5.74, 6) is -0.151. The van der Waals surface area contributed by atoms with Gasteiger partial charge in [-0.3, -0.25) is 4.79 Å². The number of hydrogen-bond acceptors (Lipinski definition) is 5. The Morgan fingerprint density at radius 2 is 1.71 bits per heavy atom. The van der Waals surface area contributed by atoms with E-state index in [1.165, 1.54) is 7.11 Å². The molecule has 2 atom stereocenters. The molecule has 1 heterocycles. The van der Waals surface area contributed by atoms with Crippen molar-refractivity contribution in [2.75, 3.05) is 38.8 Å². The summed E-state index contributed by atoms with van der Waals surface area (Å²) in [5, 5.41) is 0. The van der Waals surface area contributed by atoms with Crippen molar-refractivity contribution in [3.63, 3.8) is 0 Å². The summed E-state index contributed by atoms with van der Waals surface area (Å²) >= 11 is 0. The zero-order valence-electron chi connectivity index (χ0n) is 18.3. The topological polar surface area (TPSA) is 68.3 Å². The molecule has 7 nitrogen and oxygen atoms in total. The molecule has 1 aliphatic rings. The molecular weight excluding hydrogens is 396 g/mol. The van der Waals surface area contributed by atoms with Gasteiger partial charge in [0, 0.05) is 26.5 Å². The molecule has 1 fully saturated rings. The molecule has 0 radical (unpaired) electrons. The van der Waals surface area contributed by atoms with E-state index in [2.05, 4.69) is 0 Å². The van der Waals surface area contributed by atoms with Crippen LogP contribution < -0.4 is 4.90 Å². The van der Waals surface area contributed by atoms with Gasteiger partial charge in [-0.05, 0) is 31.0 Å². The lowest BCUT2D eigenvalue weighted by molar-refractivity contribution is -0.126. The lowest BCUT2D eigenvalue weighted by atomic mass is 9.87. The molecule has 2 aromatic rings. The molecule has 0 aromatic heterocycles. The summed E-state index contributed by atoms with van der Waals surface area (Å²) in [6.45, 7) is 2.87. The van der Waals surface area contributed by atoms with Gasteiger partial charge >= 0.3 is 6.09 Å². The zero-order valence-corrected chi connectivity index (χ0v) is 18.3. The standard InChI is InChI=1S/C24H30N2O5/c1-24(30-3)18-25(23(28)31-16-19-10-6-4-7-11-19)15-14-21(24)26(22(27)17-29-2)20-12-8-5-9-13-20/h4-13,21H,14-18H2,1-3H3/t21-,24+/m0/s1. The average Bonchev–Trinajstić information content (AvgIpc) is 2.80. The van der Waals surface area contributed by atoms with E-state index in [9.17, 15) is 9.59 Å². The number of ether oxygens (including phenoxy) is 3. The van der Waals surface area contributed by atoms with Crippen LogP contribution in [0.15, 0.2) is 60.7 Å². The maximum Gasteiger partial charge on any atom is 0.410 e. The third kappa shape index (κ3) is 5.42. The Bertz CT molecular complexity index is 861. The van der Waals surface area contributed by atoms with Crippen molar-refractivity contribution in [3.8, 4) is 0 Å². The largest absolute Gasteiger partial charge is 0.445 e. The van der Waals surface area contributed by atoms with Crippen molar-refractivity contribution in [2.45, 2.75) is 31.6 Å². The number of para-hydroxylation sites is 1. The van der Waals surface area contributed by atoms with E-state index >= 15 is 0 Å². The Morgan fingerprint density at radius 3 is 2.32 bits per heavy atom. The molecule has 7 heteroatoms. The van der Waals surface area contributed by atoms with E-state index in [1.54, 1.807) is 16.9 Å².